The van der Waals surface area contributed by atoms with Crippen molar-refractivity contribution >= 4 is 16.1 Å². The number of carbonyl (C=O) groups is 1. The Morgan fingerprint density at radius 3 is 2.33 bits per heavy atom. The van der Waals surface area contributed by atoms with Crippen LogP contribution in [0.25, 0.3) is 0 Å². The van der Waals surface area contributed by atoms with E-state index in [1.807, 2.05) is 6.07 Å². The molecule has 0 bridgehead atoms. The zero-order chi connectivity index (χ0) is 14.4. The Bertz CT molecular complexity index is 417. The van der Waals surface area contributed by atoms with Crippen molar-refractivity contribution in [2.24, 2.45) is 0 Å². The molecule has 0 heterocycles. The summed E-state index contributed by atoms with van der Waals surface area (Å²) >= 11 is 0. The fourth-order valence-electron chi connectivity index (χ4n) is 1.07. The summed E-state index contributed by atoms with van der Waals surface area (Å²) in [6.07, 6.45) is 0.273. The van der Waals surface area contributed by atoms with Crippen molar-refractivity contribution < 1.29 is 17.9 Å². The molecule has 0 aliphatic rings. The summed E-state index contributed by atoms with van der Waals surface area (Å²) in [7, 11) is -2.49. The summed E-state index contributed by atoms with van der Waals surface area (Å²) in [4.78, 5) is 11.6. The van der Waals surface area contributed by atoms with Crippen LogP contribution in [-0.4, -0.2) is 37.2 Å². The number of rotatable bonds is 5. The van der Waals surface area contributed by atoms with Crippen molar-refractivity contribution in [1.82, 2.24) is 4.31 Å². The Labute approximate surface area is 109 Å². The van der Waals surface area contributed by atoms with Gasteiger partial charge in [0.05, 0.1) is 11.8 Å². The molecular formula is C11H20N2O4S. The first-order valence-corrected chi connectivity index (χ1v) is 7.27. The predicted molar refractivity (Wildman–Crippen MR) is 67.2 cm³/mol. The van der Waals surface area contributed by atoms with Crippen LogP contribution in [0.1, 0.15) is 40.0 Å². The van der Waals surface area contributed by atoms with E-state index < -0.39 is 21.7 Å². The number of hydrogen-bond donors (Lipinski definition) is 0. The van der Waals surface area contributed by atoms with Crippen LogP contribution in [0, 0.1) is 11.3 Å². The monoisotopic (exact) mass is 276 g/mol. The van der Waals surface area contributed by atoms with Gasteiger partial charge >= 0.3 is 6.09 Å². The largest absolute Gasteiger partial charge is 0.443 e. The zero-order valence-corrected chi connectivity index (χ0v) is 12.1. The standard InChI is InChI=1S/C11H20N2O4S/c1-11(2,3)17-10(14)13(4)18(15,16)9-7-5-6-8-12/h5-7,9H2,1-4H3. The first kappa shape index (κ1) is 16.7. The van der Waals surface area contributed by atoms with E-state index in [-0.39, 0.29) is 5.75 Å². The van der Waals surface area contributed by atoms with Gasteiger partial charge in [-0.15, -0.1) is 0 Å². The second kappa shape index (κ2) is 6.59. The molecule has 0 N–H and O–H groups in total. The van der Waals surface area contributed by atoms with Crippen molar-refractivity contribution in [3.05, 3.63) is 0 Å². The summed E-state index contributed by atoms with van der Waals surface area (Å²) in [6.45, 7) is 4.99. The van der Waals surface area contributed by atoms with E-state index in [1.54, 1.807) is 20.8 Å². The van der Waals surface area contributed by atoms with E-state index in [2.05, 4.69) is 0 Å². The molecule has 1 amide bonds. The molecule has 0 saturated carbocycles. The Balaban J connectivity index is 4.43. The third kappa shape index (κ3) is 6.45. The Kier molecular flexibility index (Phi) is 6.12. The third-order valence-corrected chi connectivity index (χ3v) is 3.80. The van der Waals surface area contributed by atoms with Gasteiger partial charge in [-0.3, -0.25) is 0 Å². The molecule has 0 unspecified atom stereocenters. The average Bonchev–Trinajstić information content (AvgIpc) is 2.21. The molecule has 7 heteroatoms. The van der Waals surface area contributed by atoms with Gasteiger partial charge in [-0.05, 0) is 33.6 Å². The fraction of sp³-hybridized carbons (Fsp3) is 0.818. The van der Waals surface area contributed by atoms with Crippen molar-refractivity contribution in [2.45, 2.75) is 45.6 Å². The van der Waals surface area contributed by atoms with Crippen LogP contribution in [0.4, 0.5) is 4.79 Å². The minimum atomic E-state index is -3.66. The van der Waals surface area contributed by atoms with Crippen molar-refractivity contribution in [3.8, 4) is 6.07 Å². The molecule has 0 aliphatic heterocycles. The Morgan fingerprint density at radius 2 is 1.89 bits per heavy atom. The summed E-state index contributed by atoms with van der Waals surface area (Å²) < 4.78 is 29.1. The number of hydrogen-bond acceptors (Lipinski definition) is 5. The zero-order valence-electron chi connectivity index (χ0n) is 11.3. The second-order valence-corrected chi connectivity index (χ2v) is 7.00. The van der Waals surface area contributed by atoms with Gasteiger partial charge in [0, 0.05) is 13.5 Å². The van der Waals surface area contributed by atoms with E-state index in [9.17, 15) is 13.2 Å². The van der Waals surface area contributed by atoms with Crippen LogP contribution in [0.2, 0.25) is 0 Å². The van der Waals surface area contributed by atoms with Gasteiger partial charge < -0.3 is 4.74 Å². The van der Waals surface area contributed by atoms with E-state index in [0.717, 1.165) is 0 Å². The third-order valence-electron chi connectivity index (χ3n) is 2.01. The maximum Gasteiger partial charge on any atom is 0.423 e. The molecule has 0 aromatic heterocycles. The molecule has 0 rings (SSSR count). The molecule has 104 valence electrons. The summed E-state index contributed by atoms with van der Waals surface area (Å²) in [5.74, 6) is -0.162. The number of carbonyl (C=O) groups excluding carboxylic acids is 1. The quantitative estimate of drug-likeness (QED) is 0.715. The Hall–Kier alpha value is -1.29. The van der Waals surface area contributed by atoms with Gasteiger partial charge in [-0.1, -0.05) is 0 Å². The summed E-state index contributed by atoms with van der Waals surface area (Å²) in [6, 6.07) is 1.94. The lowest BCUT2D eigenvalue weighted by molar-refractivity contribution is 0.0420. The normalized spacial score (nSPS) is 11.7. The van der Waals surface area contributed by atoms with Crippen molar-refractivity contribution in [1.29, 1.82) is 5.26 Å². The van der Waals surface area contributed by atoms with Crippen molar-refractivity contribution in [3.63, 3.8) is 0 Å². The average molecular weight is 276 g/mol. The van der Waals surface area contributed by atoms with Gasteiger partial charge in [0.1, 0.15) is 5.60 Å². The molecular weight excluding hydrogens is 256 g/mol. The minimum Gasteiger partial charge on any atom is -0.443 e. The van der Waals surface area contributed by atoms with Crippen LogP contribution >= 0.6 is 0 Å². The highest BCUT2D eigenvalue weighted by atomic mass is 32.2. The molecule has 0 radical (unpaired) electrons. The molecule has 0 aliphatic carbocycles. The molecule has 0 spiro atoms. The molecule has 6 nitrogen and oxygen atoms in total. The highest BCUT2D eigenvalue weighted by Crippen LogP contribution is 2.12. The number of ether oxygens (including phenoxy) is 1. The highest BCUT2D eigenvalue weighted by Gasteiger charge is 2.27. The van der Waals surface area contributed by atoms with Gasteiger partial charge in [0.25, 0.3) is 0 Å². The molecule has 0 fully saturated rings. The number of nitriles is 1. The van der Waals surface area contributed by atoms with E-state index in [0.29, 0.717) is 23.6 Å². The van der Waals surface area contributed by atoms with Crippen LogP contribution in [-0.2, 0) is 14.8 Å². The van der Waals surface area contributed by atoms with Crippen LogP contribution < -0.4 is 0 Å². The molecule has 0 aromatic carbocycles. The molecule has 0 saturated heterocycles. The number of unbranched alkanes of at least 4 members (excludes halogenated alkanes) is 2. The predicted octanol–water partition coefficient (Wildman–Crippen LogP) is 1.88. The lowest BCUT2D eigenvalue weighted by Crippen LogP contribution is -2.39. The topological polar surface area (TPSA) is 87.5 Å². The number of nitrogens with zero attached hydrogens (tertiary/aromatic N) is 2. The lowest BCUT2D eigenvalue weighted by Gasteiger charge is -2.24. The van der Waals surface area contributed by atoms with Crippen LogP contribution in [0.3, 0.4) is 0 Å². The minimum absolute atomic E-state index is 0.162. The van der Waals surface area contributed by atoms with Crippen LogP contribution in [0.15, 0.2) is 0 Å². The SMILES string of the molecule is CN(C(=O)OC(C)(C)C)S(=O)(=O)CCCCC#N. The fourth-order valence-corrected chi connectivity index (χ4v) is 2.17. The van der Waals surface area contributed by atoms with Gasteiger partial charge in [0.2, 0.25) is 10.0 Å². The maximum absolute atomic E-state index is 11.8. The van der Waals surface area contributed by atoms with E-state index >= 15 is 0 Å². The van der Waals surface area contributed by atoms with Gasteiger partial charge in [-0.25, -0.2) is 17.5 Å². The first-order chi connectivity index (χ1) is 8.10. The maximum atomic E-state index is 11.8. The smallest absolute Gasteiger partial charge is 0.423 e. The second-order valence-electron chi connectivity index (χ2n) is 4.88. The number of amides is 1. The first-order valence-electron chi connectivity index (χ1n) is 5.66. The molecule has 0 aromatic rings. The van der Waals surface area contributed by atoms with E-state index in [4.69, 9.17) is 10.00 Å². The molecule has 18 heavy (non-hydrogen) atoms. The molecule has 0 atom stereocenters. The van der Waals surface area contributed by atoms with Crippen LogP contribution in [0.5, 0.6) is 0 Å². The van der Waals surface area contributed by atoms with Gasteiger partial charge in [0.15, 0.2) is 0 Å². The number of sulfonamides is 1. The highest BCUT2D eigenvalue weighted by molar-refractivity contribution is 7.89. The van der Waals surface area contributed by atoms with E-state index in [1.165, 1.54) is 7.05 Å². The Morgan fingerprint density at radius 1 is 1.33 bits per heavy atom. The van der Waals surface area contributed by atoms with Crippen molar-refractivity contribution in [2.75, 3.05) is 12.8 Å². The lowest BCUT2D eigenvalue weighted by atomic mass is 10.2. The van der Waals surface area contributed by atoms with Gasteiger partial charge in [-0.2, -0.15) is 5.26 Å². The summed E-state index contributed by atoms with van der Waals surface area (Å²) in [5, 5.41) is 8.34. The summed E-state index contributed by atoms with van der Waals surface area (Å²) in [5.41, 5.74) is -0.734.